The smallest absolute Gasteiger partial charge is 0.128 e. The number of benzene rings is 1. The fourth-order valence-corrected chi connectivity index (χ4v) is 2.47. The normalized spacial score (nSPS) is 19.9. The lowest BCUT2D eigenvalue weighted by atomic mass is 9.90. The van der Waals surface area contributed by atoms with Crippen LogP contribution in [0.5, 0.6) is 11.5 Å². The molecule has 20 heavy (non-hydrogen) atoms. The first kappa shape index (κ1) is 14.9. The van der Waals surface area contributed by atoms with Crippen LogP contribution in [0.15, 0.2) is 30.4 Å². The summed E-state index contributed by atoms with van der Waals surface area (Å²) in [6.07, 6.45) is 1.90. The molecule has 1 aromatic rings. The van der Waals surface area contributed by atoms with Gasteiger partial charge >= 0.3 is 0 Å². The molecule has 1 aliphatic rings. The van der Waals surface area contributed by atoms with Crippen molar-refractivity contribution in [2.75, 3.05) is 13.7 Å². The van der Waals surface area contributed by atoms with Gasteiger partial charge in [0.1, 0.15) is 23.7 Å². The topological polar surface area (TPSA) is 30.5 Å². The molecule has 1 N–H and O–H groups in total. The van der Waals surface area contributed by atoms with E-state index in [1.54, 1.807) is 0 Å². The van der Waals surface area contributed by atoms with E-state index in [4.69, 9.17) is 9.47 Å². The lowest BCUT2D eigenvalue weighted by Gasteiger charge is -2.37. The predicted octanol–water partition coefficient (Wildman–Crippen LogP) is 3.85. The molecule has 0 amide bonds. The molecule has 1 aromatic carbocycles. The van der Waals surface area contributed by atoms with Crippen molar-refractivity contribution in [2.45, 2.75) is 45.3 Å². The fraction of sp³-hybridized carbons (Fsp3) is 0.529. The molecule has 0 radical (unpaired) electrons. The minimum atomic E-state index is -0.160. The van der Waals surface area contributed by atoms with Crippen molar-refractivity contribution in [3.63, 3.8) is 0 Å². The zero-order valence-electron chi connectivity index (χ0n) is 13.0. The average Bonchev–Trinajstić information content (AvgIpc) is 2.42. The molecule has 110 valence electrons. The number of rotatable bonds is 5. The van der Waals surface area contributed by atoms with Gasteiger partial charge in [-0.2, -0.15) is 0 Å². The Labute approximate surface area is 122 Å². The van der Waals surface area contributed by atoms with Gasteiger partial charge in [0.25, 0.3) is 0 Å². The van der Waals surface area contributed by atoms with Crippen molar-refractivity contribution in [3.05, 3.63) is 35.9 Å². The molecule has 1 aliphatic heterocycles. The summed E-state index contributed by atoms with van der Waals surface area (Å²) in [6, 6.07) is 6.42. The molecule has 0 aliphatic carbocycles. The summed E-state index contributed by atoms with van der Waals surface area (Å²) in [5, 5.41) is 3.36. The van der Waals surface area contributed by atoms with E-state index in [0.717, 1.165) is 29.9 Å². The van der Waals surface area contributed by atoms with Gasteiger partial charge in [-0.15, -0.1) is 0 Å². The Hall–Kier alpha value is -1.48. The van der Waals surface area contributed by atoms with E-state index in [9.17, 15) is 0 Å². The van der Waals surface area contributed by atoms with Crippen molar-refractivity contribution in [1.82, 2.24) is 5.32 Å². The highest BCUT2D eigenvalue weighted by molar-refractivity contribution is 5.44. The fourth-order valence-electron chi connectivity index (χ4n) is 2.47. The Morgan fingerprint density at radius 1 is 1.50 bits per heavy atom. The van der Waals surface area contributed by atoms with E-state index in [-0.39, 0.29) is 5.60 Å². The highest BCUT2D eigenvalue weighted by Gasteiger charge is 2.33. The maximum atomic E-state index is 6.08. The van der Waals surface area contributed by atoms with Crippen LogP contribution < -0.4 is 14.8 Å². The van der Waals surface area contributed by atoms with Gasteiger partial charge in [0.05, 0.1) is 0 Å². The summed E-state index contributed by atoms with van der Waals surface area (Å²) in [5.74, 6) is 1.76. The van der Waals surface area contributed by atoms with Gasteiger partial charge in [-0.05, 0) is 39.0 Å². The number of hydrogen-bond donors (Lipinski definition) is 1. The first-order valence-electron chi connectivity index (χ1n) is 7.25. The Bertz CT molecular complexity index is 494. The zero-order valence-corrected chi connectivity index (χ0v) is 13.0. The van der Waals surface area contributed by atoms with Crippen molar-refractivity contribution in [2.24, 2.45) is 0 Å². The Morgan fingerprint density at radius 2 is 2.25 bits per heavy atom. The lowest BCUT2D eigenvalue weighted by molar-refractivity contribution is 0.0671. The number of ether oxygens (including phenoxy) is 2. The average molecular weight is 275 g/mol. The Morgan fingerprint density at radius 3 is 2.90 bits per heavy atom. The summed E-state index contributed by atoms with van der Waals surface area (Å²) >= 11 is 0. The molecular formula is C17H25NO2. The maximum absolute atomic E-state index is 6.08. The third kappa shape index (κ3) is 3.34. The van der Waals surface area contributed by atoms with Crippen molar-refractivity contribution in [3.8, 4) is 11.5 Å². The molecule has 0 saturated carbocycles. The van der Waals surface area contributed by atoms with Gasteiger partial charge in [0.15, 0.2) is 0 Å². The summed E-state index contributed by atoms with van der Waals surface area (Å²) in [6.45, 7) is 10.8. The van der Waals surface area contributed by atoms with Gasteiger partial charge in [0.2, 0.25) is 0 Å². The third-order valence-electron chi connectivity index (χ3n) is 3.73. The summed E-state index contributed by atoms with van der Waals surface area (Å²) in [4.78, 5) is 0. The molecular weight excluding hydrogens is 250 g/mol. The molecule has 1 atom stereocenters. The third-order valence-corrected chi connectivity index (χ3v) is 3.73. The van der Waals surface area contributed by atoms with E-state index >= 15 is 0 Å². The summed E-state index contributed by atoms with van der Waals surface area (Å²) in [7, 11) is 1.99. The molecule has 1 unspecified atom stereocenters. The first-order chi connectivity index (χ1) is 9.45. The number of nitrogens with one attached hydrogen (secondary N) is 1. The number of fused-ring (bicyclic) bond motifs is 1. The van der Waals surface area contributed by atoms with Crippen LogP contribution in [0.4, 0.5) is 0 Å². The summed E-state index contributed by atoms with van der Waals surface area (Å²) < 4.78 is 11.8. The SMILES string of the molecule is C=C(CC)COc1ccc2c(c1)OC(C)(C)CC2NC. The van der Waals surface area contributed by atoms with Gasteiger partial charge in [-0.25, -0.2) is 0 Å². The summed E-state index contributed by atoms with van der Waals surface area (Å²) in [5.41, 5.74) is 2.14. The van der Waals surface area contributed by atoms with Gasteiger partial charge in [0, 0.05) is 24.1 Å². The monoisotopic (exact) mass is 275 g/mol. The number of hydrogen-bond acceptors (Lipinski definition) is 3. The highest BCUT2D eigenvalue weighted by Crippen LogP contribution is 2.41. The minimum absolute atomic E-state index is 0.160. The second-order valence-electron chi connectivity index (χ2n) is 6.00. The Balaban J connectivity index is 2.19. The molecule has 0 aromatic heterocycles. The second-order valence-corrected chi connectivity index (χ2v) is 6.00. The van der Waals surface area contributed by atoms with E-state index in [1.807, 2.05) is 19.2 Å². The molecule has 3 nitrogen and oxygen atoms in total. The molecule has 0 spiro atoms. The van der Waals surface area contributed by atoms with Crippen LogP contribution in [0.25, 0.3) is 0 Å². The molecule has 0 fully saturated rings. The van der Waals surface area contributed by atoms with Crippen LogP contribution in [0.2, 0.25) is 0 Å². The molecule has 2 rings (SSSR count). The van der Waals surface area contributed by atoms with Gasteiger partial charge in [-0.1, -0.05) is 19.6 Å². The van der Waals surface area contributed by atoms with Crippen molar-refractivity contribution >= 4 is 0 Å². The van der Waals surface area contributed by atoms with Gasteiger partial charge < -0.3 is 14.8 Å². The van der Waals surface area contributed by atoms with E-state index in [1.165, 1.54) is 5.56 Å². The van der Waals surface area contributed by atoms with E-state index in [2.05, 4.69) is 38.7 Å². The standard InChI is InChI=1S/C17H25NO2/c1-6-12(2)11-19-13-7-8-14-15(18-5)10-17(3,4)20-16(14)9-13/h7-9,15,18H,2,6,10-11H2,1,3-5H3. The van der Waals surface area contributed by atoms with Gasteiger partial charge in [-0.3, -0.25) is 0 Å². The molecule has 3 heteroatoms. The molecule has 0 bridgehead atoms. The quantitative estimate of drug-likeness (QED) is 0.828. The zero-order chi connectivity index (χ0) is 14.8. The van der Waals surface area contributed by atoms with Crippen molar-refractivity contribution in [1.29, 1.82) is 0 Å². The Kier molecular flexibility index (Phi) is 4.39. The van der Waals surface area contributed by atoms with E-state index < -0.39 is 0 Å². The van der Waals surface area contributed by atoms with Crippen LogP contribution in [0.1, 0.15) is 45.2 Å². The predicted molar refractivity (Wildman–Crippen MR) is 82.5 cm³/mol. The van der Waals surface area contributed by atoms with Crippen LogP contribution in [-0.4, -0.2) is 19.3 Å². The first-order valence-corrected chi connectivity index (χ1v) is 7.25. The van der Waals surface area contributed by atoms with Crippen LogP contribution >= 0.6 is 0 Å². The highest BCUT2D eigenvalue weighted by atomic mass is 16.5. The largest absolute Gasteiger partial charge is 0.489 e. The lowest BCUT2D eigenvalue weighted by Crippen LogP contribution is -2.38. The van der Waals surface area contributed by atoms with Crippen LogP contribution in [0.3, 0.4) is 0 Å². The minimum Gasteiger partial charge on any atom is -0.489 e. The second kappa shape index (κ2) is 5.88. The van der Waals surface area contributed by atoms with Crippen molar-refractivity contribution < 1.29 is 9.47 Å². The van der Waals surface area contributed by atoms with Crippen LogP contribution in [0, 0.1) is 0 Å². The molecule has 1 heterocycles. The van der Waals surface area contributed by atoms with Crippen LogP contribution in [-0.2, 0) is 0 Å². The van der Waals surface area contributed by atoms with E-state index in [0.29, 0.717) is 12.6 Å². The maximum Gasteiger partial charge on any atom is 0.128 e. The molecule has 0 saturated heterocycles.